The second kappa shape index (κ2) is 7.36. The number of anilines is 1. The average molecular weight is 302 g/mol. The first-order valence-electron chi connectivity index (χ1n) is 7.05. The number of piperidine rings is 1. The first-order valence-corrected chi connectivity index (χ1v) is 7.05. The molecule has 2 amide bonds. The number of carboxylic acids is 1. The van der Waals surface area contributed by atoms with Gasteiger partial charge < -0.3 is 20.1 Å². The standard InChI is InChI=1S/C16H18N2O4/c1-2-9-22-14-7-3-6-13(10-14)17-16(21)18-8-4-5-12(11-18)15(19)20/h1,3,6-7,10,12H,4-5,8-9,11H2,(H,17,21)(H,19,20). The number of terminal acetylenes is 1. The van der Waals surface area contributed by atoms with Crippen molar-refractivity contribution >= 4 is 17.7 Å². The number of hydrogen-bond donors (Lipinski definition) is 2. The Kier molecular flexibility index (Phi) is 5.26. The molecule has 0 radical (unpaired) electrons. The van der Waals surface area contributed by atoms with Gasteiger partial charge in [0, 0.05) is 24.8 Å². The lowest BCUT2D eigenvalue weighted by molar-refractivity contribution is -0.143. The largest absolute Gasteiger partial charge is 0.481 e. The number of amides is 2. The zero-order valence-electron chi connectivity index (χ0n) is 12.1. The number of ether oxygens (including phenoxy) is 1. The molecule has 116 valence electrons. The Hall–Kier alpha value is -2.68. The molecule has 1 heterocycles. The summed E-state index contributed by atoms with van der Waals surface area (Å²) in [5.41, 5.74) is 0.581. The van der Waals surface area contributed by atoms with Gasteiger partial charge in [-0.05, 0) is 25.0 Å². The van der Waals surface area contributed by atoms with Crippen molar-refractivity contribution < 1.29 is 19.4 Å². The van der Waals surface area contributed by atoms with E-state index in [-0.39, 0.29) is 19.2 Å². The van der Waals surface area contributed by atoms with E-state index >= 15 is 0 Å². The Morgan fingerprint density at radius 1 is 1.50 bits per heavy atom. The van der Waals surface area contributed by atoms with Crippen molar-refractivity contribution in [2.75, 3.05) is 25.0 Å². The fraction of sp³-hybridized carbons (Fsp3) is 0.375. The Labute approximate surface area is 129 Å². The summed E-state index contributed by atoms with van der Waals surface area (Å²) in [6, 6.07) is 6.60. The normalized spacial score (nSPS) is 17.4. The third-order valence-corrected chi connectivity index (χ3v) is 3.47. The molecule has 2 rings (SSSR count). The van der Waals surface area contributed by atoms with Gasteiger partial charge in [0.25, 0.3) is 0 Å². The molecule has 0 bridgehead atoms. The number of benzene rings is 1. The Bertz CT molecular complexity index is 594. The second-order valence-corrected chi connectivity index (χ2v) is 5.07. The molecule has 6 nitrogen and oxygen atoms in total. The highest BCUT2D eigenvalue weighted by Crippen LogP contribution is 2.20. The minimum Gasteiger partial charge on any atom is -0.481 e. The molecule has 1 saturated heterocycles. The Morgan fingerprint density at radius 3 is 3.05 bits per heavy atom. The number of nitrogens with zero attached hydrogens (tertiary/aromatic N) is 1. The number of aliphatic carboxylic acids is 1. The number of carbonyl (C=O) groups is 2. The van der Waals surface area contributed by atoms with Crippen molar-refractivity contribution in [2.45, 2.75) is 12.8 Å². The maximum Gasteiger partial charge on any atom is 0.321 e. The number of carbonyl (C=O) groups excluding carboxylic acids is 1. The van der Waals surface area contributed by atoms with Gasteiger partial charge in [0.1, 0.15) is 12.4 Å². The second-order valence-electron chi connectivity index (χ2n) is 5.07. The van der Waals surface area contributed by atoms with Crippen LogP contribution in [0.2, 0.25) is 0 Å². The van der Waals surface area contributed by atoms with Gasteiger partial charge >= 0.3 is 12.0 Å². The van der Waals surface area contributed by atoms with Crippen LogP contribution in [-0.2, 0) is 4.79 Å². The van der Waals surface area contributed by atoms with E-state index in [1.807, 2.05) is 0 Å². The van der Waals surface area contributed by atoms with Crippen molar-refractivity contribution in [1.29, 1.82) is 0 Å². The monoisotopic (exact) mass is 302 g/mol. The zero-order valence-corrected chi connectivity index (χ0v) is 12.1. The predicted molar refractivity (Wildman–Crippen MR) is 81.7 cm³/mol. The van der Waals surface area contributed by atoms with Crippen LogP contribution in [0.3, 0.4) is 0 Å². The molecule has 1 aliphatic heterocycles. The zero-order chi connectivity index (χ0) is 15.9. The highest BCUT2D eigenvalue weighted by Gasteiger charge is 2.28. The van der Waals surface area contributed by atoms with Crippen LogP contribution in [0.1, 0.15) is 12.8 Å². The lowest BCUT2D eigenvalue weighted by Crippen LogP contribution is -2.44. The predicted octanol–water partition coefficient (Wildman–Crippen LogP) is 2.03. The van der Waals surface area contributed by atoms with Crippen LogP contribution < -0.4 is 10.1 Å². The fourth-order valence-electron chi connectivity index (χ4n) is 2.35. The minimum absolute atomic E-state index is 0.157. The molecular weight excluding hydrogens is 284 g/mol. The molecule has 2 N–H and O–H groups in total. The molecule has 0 saturated carbocycles. The van der Waals surface area contributed by atoms with Gasteiger partial charge in [0.05, 0.1) is 5.92 Å². The lowest BCUT2D eigenvalue weighted by Gasteiger charge is -2.30. The third-order valence-electron chi connectivity index (χ3n) is 3.47. The van der Waals surface area contributed by atoms with Crippen LogP contribution in [0.4, 0.5) is 10.5 Å². The summed E-state index contributed by atoms with van der Waals surface area (Å²) in [5.74, 6) is 1.58. The molecule has 1 atom stereocenters. The summed E-state index contributed by atoms with van der Waals surface area (Å²) >= 11 is 0. The molecule has 0 aliphatic carbocycles. The van der Waals surface area contributed by atoms with Crippen molar-refractivity contribution in [3.05, 3.63) is 24.3 Å². The maximum atomic E-state index is 12.2. The summed E-state index contributed by atoms with van der Waals surface area (Å²) in [4.78, 5) is 24.8. The summed E-state index contributed by atoms with van der Waals surface area (Å²) in [7, 11) is 0. The maximum absolute atomic E-state index is 12.2. The molecule has 1 aromatic rings. The van der Waals surface area contributed by atoms with Gasteiger partial charge in [0.2, 0.25) is 0 Å². The first-order chi connectivity index (χ1) is 10.6. The van der Waals surface area contributed by atoms with E-state index in [2.05, 4.69) is 11.2 Å². The number of urea groups is 1. The number of rotatable bonds is 4. The molecule has 1 fully saturated rings. The lowest BCUT2D eigenvalue weighted by atomic mass is 9.99. The highest BCUT2D eigenvalue weighted by atomic mass is 16.5. The fourth-order valence-corrected chi connectivity index (χ4v) is 2.35. The first kappa shape index (κ1) is 15.7. The van der Waals surface area contributed by atoms with E-state index < -0.39 is 11.9 Å². The molecule has 0 spiro atoms. The van der Waals surface area contributed by atoms with Gasteiger partial charge in [-0.15, -0.1) is 6.42 Å². The van der Waals surface area contributed by atoms with Gasteiger partial charge in [-0.1, -0.05) is 12.0 Å². The number of likely N-dealkylation sites (tertiary alicyclic amines) is 1. The van der Waals surface area contributed by atoms with E-state index in [0.29, 0.717) is 30.8 Å². The average Bonchev–Trinajstić information content (AvgIpc) is 2.53. The molecule has 0 aromatic heterocycles. The van der Waals surface area contributed by atoms with E-state index in [9.17, 15) is 9.59 Å². The van der Waals surface area contributed by atoms with Crippen LogP contribution in [0.25, 0.3) is 0 Å². The topological polar surface area (TPSA) is 78.9 Å². The molecule has 1 unspecified atom stereocenters. The summed E-state index contributed by atoms with van der Waals surface area (Å²) in [6.07, 6.45) is 6.43. The van der Waals surface area contributed by atoms with Gasteiger partial charge in [-0.25, -0.2) is 4.79 Å². The van der Waals surface area contributed by atoms with Gasteiger partial charge in [0.15, 0.2) is 0 Å². The van der Waals surface area contributed by atoms with Gasteiger partial charge in [-0.2, -0.15) is 0 Å². The van der Waals surface area contributed by atoms with Crippen LogP contribution in [0, 0.1) is 18.3 Å². The number of nitrogens with one attached hydrogen (secondary N) is 1. The van der Waals surface area contributed by atoms with Crippen molar-refractivity contribution in [1.82, 2.24) is 4.90 Å². The quantitative estimate of drug-likeness (QED) is 0.834. The number of hydrogen-bond acceptors (Lipinski definition) is 3. The van der Waals surface area contributed by atoms with E-state index in [0.717, 1.165) is 0 Å². The van der Waals surface area contributed by atoms with Crippen molar-refractivity contribution in [3.8, 4) is 18.1 Å². The molecular formula is C16H18N2O4. The molecule has 22 heavy (non-hydrogen) atoms. The smallest absolute Gasteiger partial charge is 0.321 e. The third kappa shape index (κ3) is 4.16. The van der Waals surface area contributed by atoms with E-state index in [1.54, 1.807) is 24.3 Å². The highest BCUT2D eigenvalue weighted by molar-refractivity contribution is 5.90. The number of carboxylic acid groups (broad SMARTS) is 1. The summed E-state index contributed by atoms with van der Waals surface area (Å²) in [5, 5.41) is 11.8. The minimum atomic E-state index is -0.859. The van der Waals surface area contributed by atoms with Crippen LogP contribution in [0.5, 0.6) is 5.75 Å². The molecule has 1 aromatic carbocycles. The van der Waals surface area contributed by atoms with Crippen LogP contribution in [0.15, 0.2) is 24.3 Å². The SMILES string of the molecule is C#CCOc1cccc(NC(=O)N2CCCC(C(=O)O)C2)c1. The van der Waals surface area contributed by atoms with Crippen LogP contribution >= 0.6 is 0 Å². The van der Waals surface area contributed by atoms with Crippen molar-refractivity contribution in [2.24, 2.45) is 5.92 Å². The van der Waals surface area contributed by atoms with Gasteiger partial charge in [-0.3, -0.25) is 4.79 Å². The molecule has 6 heteroatoms. The summed E-state index contributed by atoms with van der Waals surface area (Å²) in [6.45, 7) is 0.946. The van der Waals surface area contributed by atoms with Crippen LogP contribution in [-0.4, -0.2) is 41.7 Å². The van der Waals surface area contributed by atoms with Crippen molar-refractivity contribution in [3.63, 3.8) is 0 Å². The molecule has 1 aliphatic rings. The Morgan fingerprint density at radius 2 is 2.32 bits per heavy atom. The summed E-state index contributed by atoms with van der Waals surface area (Å²) < 4.78 is 5.29. The van der Waals surface area contributed by atoms with E-state index in [1.165, 1.54) is 4.90 Å². The van der Waals surface area contributed by atoms with E-state index in [4.69, 9.17) is 16.3 Å². The Balaban J connectivity index is 1.96.